The molecule has 5 rings (SSSR count). The number of halogens is 3. The first-order valence-corrected chi connectivity index (χ1v) is 15.1. The first-order chi connectivity index (χ1) is 20.2. The number of piperidine rings is 1. The molecule has 1 aliphatic heterocycles. The van der Waals surface area contributed by atoms with Gasteiger partial charge in [-0.25, -0.2) is 0 Å². The number of carbonyl (C=O) groups is 2. The van der Waals surface area contributed by atoms with Crippen molar-refractivity contribution < 1.29 is 14.7 Å². The van der Waals surface area contributed by atoms with E-state index in [9.17, 15) is 14.7 Å². The van der Waals surface area contributed by atoms with Gasteiger partial charge in [-0.05, 0) is 86.2 Å². The number of nitrogens with two attached hydrogens (primary N) is 1. The zero-order valence-corrected chi connectivity index (χ0v) is 25.3. The lowest BCUT2D eigenvalue weighted by molar-refractivity contribution is -0.125. The number of unbranched alkanes of at least 4 members (excludes halogenated alkanes) is 1. The van der Waals surface area contributed by atoms with Crippen molar-refractivity contribution in [3.63, 3.8) is 0 Å². The van der Waals surface area contributed by atoms with Crippen LogP contribution in [0.4, 0.5) is 0 Å². The molecule has 0 atom stereocenters. The highest BCUT2D eigenvalue weighted by Gasteiger charge is 2.43. The number of aromatic nitrogens is 1. The lowest BCUT2D eigenvalue weighted by Crippen LogP contribution is -2.51. The van der Waals surface area contributed by atoms with Crippen molar-refractivity contribution in [2.24, 2.45) is 5.73 Å². The van der Waals surface area contributed by atoms with E-state index < -0.39 is 5.41 Å². The lowest BCUT2D eigenvalue weighted by Gasteiger charge is -2.40. The lowest BCUT2D eigenvalue weighted by atomic mass is 9.72. The summed E-state index contributed by atoms with van der Waals surface area (Å²) in [6, 6.07) is 24.2. The molecule has 42 heavy (non-hydrogen) atoms. The minimum absolute atomic E-state index is 0.0572. The molecule has 3 N–H and O–H groups in total. The van der Waals surface area contributed by atoms with Gasteiger partial charge in [0, 0.05) is 46.7 Å². The van der Waals surface area contributed by atoms with Crippen LogP contribution in [0.1, 0.15) is 47.3 Å². The Kier molecular flexibility index (Phi) is 9.28. The Morgan fingerprint density at radius 3 is 2.14 bits per heavy atom. The summed E-state index contributed by atoms with van der Waals surface area (Å²) in [5.74, 6) is -0.502. The van der Waals surface area contributed by atoms with Gasteiger partial charge >= 0.3 is 0 Å². The molecule has 0 saturated carbocycles. The van der Waals surface area contributed by atoms with Crippen molar-refractivity contribution in [1.82, 2.24) is 9.47 Å². The number of rotatable bonds is 9. The van der Waals surface area contributed by atoms with Crippen LogP contribution in [0.2, 0.25) is 15.1 Å². The summed E-state index contributed by atoms with van der Waals surface area (Å²) in [5.41, 5.74) is 9.67. The monoisotopic (exact) mass is 623 g/mol. The van der Waals surface area contributed by atoms with Crippen LogP contribution in [0.25, 0.3) is 16.9 Å². The third-order valence-electron chi connectivity index (χ3n) is 8.15. The number of aliphatic hydroxyl groups is 1. The van der Waals surface area contributed by atoms with Crippen LogP contribution in [0, 0.1) is 0 Å². The second-order valence-corrected chi connectivity index (χ2v) is 11.9. The maximum Gasteiger partial charge on any atom is 0.255 e. The number of aliphatic hydroxyl groups excluding tert-OH is 1. The second kappa shape index (κ2) is 12.9. The van der Waals surface area contributed by atoms with Gasteiger partial charge in [-0.15, -0.1) is 0 Å². The van der Waals surface area contributed by atoms with E-state index in [2.05, 4.69) is 0 Å². The van der Waals surface area contributed by atoms with E-state index in [-0.39, 0.29) is 18.4 Å². The van der Waals surface area contributed by atoms with Gasteiger partial charge in [0.25, 0.3) is 5.91 Å². The molecule has 0 aliphatic carbocycles. The Morgan fingerprint density at radius 2 is 1.52 bits per heavy atom. The van der Waals surface area contributed by atoms with Crippen molar-refractivity contribution in [1.29, 1.82) is 0 Å². The first kappa shape index (κ1) is 30.2. The molecular formula is C33H32Cl3N3O3. The molecule has 0 spiro atoms. The minimum Gasteiger partial charge on any atom is -0.396 e. The fourth-order valence-electron chi connectivity index (χ4n) is 5.86. The molecule has 4 aromatic rings. The molecule has 3 aromatic carbocycles. The highest BCUT2D eigenvalue weighted by Crippen LogP contribution is 2.39. The smallest absolute Gasteiger partial charge is 0.255 e. The van der Waals surface area contributed by atoms with Gasteiger partial charge in [-0.1, -0.05) is 65.1 Å². The van der Waals surface area contributed by atoms with Crippen LogP contribution in [0.15, 0.2) is 78.9 Å². The maximum atomic E-state index is 14.3. The first-order valence-electron chi connectivity index (χ1n) is 14.0. The van der Waals surface area contributed by atoms with Gasteiger partial charge in [0.15, 0.2) is 0 Å². The molecule has 0 bridgehead atoms. The third kappa shape index (κ3) is 5.95. The van der Waals surface area contributed by atoms with E-state index >= 15 is 0 Å². The van der Waals surface area contributed by atoms with Gasteiger partial charge in [-0.2, -0.15) is 0 Å². The minimum atomic E-state index is -0.820. The van der Waals surface area contributed by atoms with Crippen LogP contribution in [0.3, 0.4) is 0 Å². The van der Waals surface area contributed by atoms with Crippen LogP contribution < -0.4 is 5.73 Å². The van der Waals surface area contributed by atoms with Gasteiger partial charge in [0.05, 0.1) is 21.7 Å². The van der Waals surface area contributed by atoms with E-state index in [0.29, 0.717) is 65.8 Å². The molecule has 2 heterocycles. The summed E-state index contributed by atoms with van der Waals surface area (Å²) in [6.45, 7) is 0.827. The van der Waals surface area contributed by atoms with Crippen LogP contribution in [-0.2, 0) is 16.6 Å². The van der Waals surface area contributed by atoms with Gasteiger partial charge in [0.2, 0.25) is 5.91 Å². The Morgan fingerprint density at radius 1 is 0.857 bits per heavy atom. The highest BCUT2D eigenvalue weighted by molar-refractivity contribution is 6.36. The Labute approximate surface area is 260 Å². The number of likely N-dealkylation sites (tertiary alicyclic amines) is 1. The number of nitrogens with zero attached hydrogens (tertiary/aromatic N) is 2. The molecular weight excluding hydrogens is 593 g/mol. The van der Waals surface area contributed by atoms with Crippen molar-refractivity contribution in [3.8, 4) is 16.9 Å². The molecule has 1 saturated heterocycles. The number of carbonyl (C=O) groups excluding carboxylic acids is 2. The molecule has 1 aliphatic rings. The van der Waals surface area contributed by atoms with E-state index in [1.807, 2.05) is 59.2 Å². The van der Waals surface area contributed by atoms with Crippen molar-refractivity contribution in [2.75, 3.05) is 19.7 Å². The zero-order chi connectivity index (χ0) is 29.9. The molecule has 6 nitrogen and oxygen atoms in total. The third-order valence-corrected chi connectivity index (χ3v) is 8.95. The number of amides is 2. The number of hydrogen-bond donors (Lipinski definition) is 2. The molecule has 218 valence electrons. The second-order valence-electron chi connectivity index (χ2n) is 10.6. The van der Waals surface area contributed by atoms with Gasteiger partial charge < -0.3 is 20.3 Å². The standard InChI is InChI=1S/C33H32Cl3N3O3/c34-23-9-12-25(13-10-23)39-29(8-4-5-19-40)27(21-30(39)26-14-11-24(35)20-28(26)36)31(41)38-17-15-33(16-18-38,32(37)42)22-6-2-1-3-7-22/h1-3,6-7,9-14,20-21,40H,4-5,8,15-19H2,(H2,37,42). The van der Waals surface area contributed by atoms with E-state index in [1.165, 1.54) is 0 Å². The van der Waals surface area contributed by atoms with Gasteiger partial charge in [-0.3, -0.25) is 9.59 Å². The number of hydrogen-bond acceptors (Lipinski definition) is 3. The van der Waals surface area contributed by atoms with E-state index in [1.54, 1.807) is 29.2 Å². The summed E-state index contributed by atoms with van der Waals surface area (Å²) in [7, 11) is 0. The Bertz CT molecular complexity index is 1580. The Balaban J connectivity index is 1.58. The molecule has 1 aromatic heterocycles. The van der Waals surface area contributed by atoms with Crippen molar-refractivity contribution in [3.05, 3.63) is 111 Å². The molecule has 2 amide bonds. The number of primary amides is 1. The number of benzene rings is 3. The quantitative estimate of drug-likeness (QED) is 0.195. The average Bonchev–Trinajstić information content (AvgIpc) is 3.36. The zero-order valence-electron chi connectivity index (χ0n) is 23.0. The molecule has 1 fully saturated rings. The topological polar surface area (TPSA) is 88.6 Å². The van der Waals surface area contributed by atoms with Crippen molar-refractivity contribution in [2.45, 2.75) is 37.5 Å². The summed E-state index contributed by atoms with van der Waals surface area (Å²) in [6.07, 6.45) is 2.70. The summed E-state index contributed by atoms with van der Waals surface area (Å²) < 4.78 is 2.04. The average molecular weight is 625 g/mol. The fraction of sp³-hybridized carbons (Fsp3) is 0.273. The molecule has 9 heteroatoms. The highest BCUT2D eigenvalue weighted by atomic mass is 35.5. The molecule has 0 radical (unpaired) electrons. The van der Waals surface area contributed by atoms with Crippen LogP contribution in [0.5, 0.6) is 0 Å². The summed E-state index contributed by atoms with van der Waals surface area (Å²) in [5, 5.41) is 11.1. The van der Waals surface area contributed by atoms with Crippen LogP contribution >= 0.6 is 34.8 Å². The van der Waals surface area contributed by atoms with Crippen molar-refractivity contribution >= 4 is 46.6 Å². The normalized spacial score (nSPS) is 14.6. The summed E-state index contributed by atoms with van der Waals surface area (Å²) >= 11 is 19.1. The van der Waals surface area contributed by atoms with Gasteiger partial charge in [0.1, 0.15) is 0 Å². The van der Waals surface area contributed by atoms with E-state index in [0.717, 1.165) is 28.2 Å². The predicted molar refractivity (Wildman–Crippen MR) is 169 cm³/mol. The predicted octanol–water partition coefficient (Wildman–Crippen LogP) is 7.08. The maximum absolute atomic E-state index is 14.3. The fourth-order valence-corrected chi connectivity index (χ4v) is 6.49. The molecule has 0 unspecified atom stereocenters. The summed E-state index contributed by atoms with van der Waals surface area (Å²) in [4.78, 5) is 28.8. The SMILES string of the molecule is NC(=O)C1(c2ccccc2)CCN(C(=O)c2cc(-c3ccc(Cl)cc3Cl)n(-c3ccc(Cl)cc3)c2CCCCO)CC1. The largest absolute Gasteiger partial charge is 0.396 e. The Hall–Kier alpha value is -3.29. The van der Waals surface area contributed by atoms with Crippen LogP contribution in [-0.4, -0.2) is 46.1 Å². The van der Waals surface area contributed by atoms with E-state index in [4.69, 9.17) is 40.5 Å².